The van der Waals surface area contributed by atoms with Gasteiger partial charge in [0.25, 0.3) is 0 Å². The summed E-state index contributed by atoms with van der Waals surface area (Å²) in [5.41, 5.74) is 16.3. The van der Waals surface area contributed by atoms with E-state index in [1.54, 1.807) is 0 Å². The first-order valence-electron chi connectivity index (χ1n) is 3.06. The number of allylic oxidation sites excluding steroid dienone is 1. The van der Waals surface area contributed by atoms with E-state index >= 15 is 0 Å². The Bertz CT molecular complexity index is 90.3. The minimum Gasteiger partial charge on any atom is -0.329 e. The maximum Gasteiger partial charge on any atom is 0.0390 e. The van der Waals surface area contributed by atoms with Gasteiger partial charge in [0, 0.05) is 18.6 Å². The summed E-state index contributed by atoms with van der Waals surface area (Å²) in [4.78, 5) is 0. The highest BCUT2D eigenvalue weighted by molar-refractivity contribution is 4.95. The molecule has 0 aliphatic rings. The Balaban J connectivity index is 3.58. The Hall–Kier alpha value is -0.380. The number of rotatable bonds is 3. The molecule has 3 heteroatoms. The minimum atomic E-state index is -0.110. The van der Waals surface area contributed by atoms with Crippen LogP contribution in [-0.4, -0.2) is 18.6 Å². The highest BCUT2D eigenvalue weighted by Gasteiger charge is 2.05. The molecule has 0 rings (SSSR count). The molecular weight excluding hydrogens is 114 g/mol. The van der Waals surface area contributed by atoms with Crippen LogP contribution < -0.4 is 17.2 Å². The van der Waals surface area contributed by atoms with Crippen molar-refractivity contribution in [1.29, 1.82) is 0 Å². The first-order valence-corrected chi connectivity index (χ1v) is 3.06. The molecule has 0 radical (unpaired) electrons. The Kier molecular flexibility index (Phi) is 4.30. The molecule has 0 fully saturated rings. The van der Waals surface area contributed by atoms with Crippen LogP contribution in [0.1, 0.15) is 6.92 Å². The Morgan fingerprint density at radius 3 is 2.33 bits per heavy atom. The lowest BCUT2D eigenvalue weighted by atomic mass is 10.1. The number of nitrogens with two attached hydrogens (primary N) is 3. The van der Waals surface area contributed by atoms with Crippen LogP contribution in [0.25, 0.3) is 0 Å². The number of hydrogen-bond donors (Lipinski definition) is 3. The van der Waals surface area contributed by atoms with Gasteiger partial charge in [-0.25, -0.2) is 0 Å². The lowest BCUT2D eigenvalue weighted by Gasteiger charge is -2.12. The van der Waals surface area contributed by atoms with Crippen LogP contribution in [0.3, 0.4) is 0 Å². The van der Waals surface area contributed by atoms with Crippen molar-refractivity contribution in [2.45, 2.75) is 19.0 Å². The van der Waals surface area contributed by atoms with E-state index in [1.165, 1.54) is 0 Å². The quantitative estimate of drug-likeness (QED) is 0.435. The molecule has 0 aromatic heterocycles. The molecule has 0 aromatic carbocycles. The fourth-order valence-corrected chi connectivity index (χ4v) is 0.522. The molecule has 2 atom stereocenters. The van der Waals surface area contributed by atoms with Crippen molar-refractivity contribution in [3.8, 4) is 0 Å². The van der Waals surface area contributed by atoms with Crippen molar-refractivity contribution in [3.05, 3.63) is 12.2 Å². The van der Waals surface area contributed by atoms with Crippen LogP contribution in [-0.2, 0) is 0 Å². The third-order valence-corrected chi connectivity index (χ3v) is 1.18. The van der Waals surface area contributed by atoms with E-state index in [0.717, 1.165) is 0 Å². The van der Waals surface area contributed by atoms with Crippen molar-refractivity contribution in [2.75, 3.05) is 6.54 Å². The molecule has 0 bridgehead atoms. The molecule has 0 aliphatic carbocycles. The summed E-state index contributed by atoms with van der Waals surface area (Å²) in [6.07, 6.45) is 3.72. The first kappa shape index (κ1) is 8.62. The van der Waals surface area contributed by atoms with Gasteiger partial charge in [0.1, 0.15) is 0 Å². The van der Waals surface area contributed by atoms with E-state index in [9.17, 15) is 0 Å². The summed E-state index contributed by atoms with van der Waals surface area (Å²) < 4.78 is 0. The third kappa shape index (κ3) is 3.24. The molecule has 9 heavy (non-hydrogen) atoms. The molecule has 2 unspecified atom stereocenters. The molecule has 0 aromatic rings. The van der Waals surface area contributed by atoms with E-state index in [2.05, 4.69) is 0 Å². The molecule has 54 valence electrons. The van der Waals surface area contributed by atoms with Gasteiger partial charge < -0.3 is 17.2 Å². The molecule has 6 N–H and O–H groups in total. The fraction of sp³-hybridized carbons (Fsp3) is 0.667. The normalized spacial score (nSPS) is 18.2. The monoisotopic (exact) mass is 129 g/mol. The van der Waals surface area contributed by atoms with E-state index in [-0.39, 0.29) is 12.1 Å². The molecule has 0 spiro atoms. The highest BCUT2D eigenvalue weighted by atomic mass is 14.8. The maximum absolute atomic E-state index is 5.55. The number of hydrogen-bond acceptors (Lipinski definition) is 3. The Morgan fingerprint density at radius 1 is 1.44 bits per heavy atom. The zero-order valence-corrected chi connectivity index (χ0v) is 5.75. The van der Waals surface area contributed by atoms with Crippen LogP contribution in [0.15, 0.2) is 12.2 Å². The lowest BCUT2D eigenvalue weighted by molar-refractivity contribution is 0.608. The van der Waals surface area contributed by atoms with Gasteiger partial charge in [0.2, 0.25) is 0 Å². The Labute approximate surface area is 55.9 Å². The Morgan fingerprint density at radius 2 is 2.00 bits per heavy atom. The molecule has 0 saturated carbocycles. The van der Waals surface area contributed by atoms with Gasteiger partial charge in [0.05, 0.1) is 0 Å². The second kappa shape index (κ2) is 4.49. The summed E-state index contributed by atoms with van der Waals surface area (Å²) in [5, 5.41) is 0. The van der Waals surface area contributed by atoms with Crippen molar-refractivity contribution in [3.63, 3.8) is 0 Å². The van der Waals surface area contributed by atoms with Gasteiger partial charge in [-0.2, -0.15) is 0 Å². The van der Waals surface area contributed by atoms with E-state index in [0.29, 0.717) is 6.54 Å². The van der Waals surface area contributed by atoms with Gasteiger partial charge in [-0.15, -0.1) is 0 Å². The highest BCUT2D eigenvalue weighted by Crippen LogP contribution is 1.85. The van der Waals surface area contributed by atoms with Crippen LogP contribution in [0, 0.1) is 0 Å². The predicted molar refractivity (Wildman–Crippen MR) is 39.8 cm³/mol. The van der Waals surface area contributed by atoms with Crippen LogP contribution >= 0.6 is 0 Å². The first-order chi connectivity index (χ1) is 4.22. The topological polar surface area (TPSA) is 78.1 Å². The summed E-state index contributed by atoms with van der Waals surface area (Å²) in [6, 6.07) is -0.207. The van der Waals surface area contributed by atoms with Crippen molar-refractivity contribution < 1.29 is 0 Å². The van der Waals surface area contributed by atoms with E-state index in [4.69, 9.17) is 17.2 Å². The summed E-state index contributed by atoms with van der Waals surface area (Å²) in [6.45, 7) is 2.34. The zero-order chi connectivity index (χ0) is 7.28. The van der Waals surface area contributed by atoms with Crippen molar-refractivity contribution in [2.24, 2.45) is 17.2 Å². The average Bonchev–Trinajstić information content (AvgIpc) is 1.87. The van der Waals surface area contributed by atoms with Crippen LogP contribution in [0.5, 0.6) is 0 Å². The molecular formula is C6H15N3. The van der Waals surface area contributed by atoms with Gasteiger partial charge in [0.15, 0.2) is 0 Å². The van der Waals surface area contributed by atoms with Crippen LogP contribution in [0.4, 0.5) is 0 Å². The second-order valence-electron chi connectivity index (χ2n) is 2.00. The van der Waals surface area contributed by atoms with Gasteiger partial charge >= 0.3 is 0 Å². The third-order valence-electron chi connectivity index (χ3n) is 1.18. The van der Waals surface area contributed by atoms with E-state index < -0.39 is 0 Å². The SMILES string of the molecule is C/C=C\C(N)C(N)CN. The molecule has 3 nitrogen and oxygen atoms in total. The van der Waals surface area contributed by atoms with Crippen molar-refractivity contribution in [1.82, 2.24) is 0 Å². The predicted octanol–water partition coefficient (Wildman–Crippen LogP) is -0.824. The molecule has 0 heterocycles. The summed E-state index contributed by atoms with van der Waals surface area (Å²) in [7, 11) is 0. The standard InChI is InChI=1S/C6H15N3/c1-2-3-5(8)6(9)4-7/h2-3,5-6H,4,7-9H2,1H3/b3-2-. The van der Waals surface area contributed by atoms with E-state index in [1.807, 2.05) is 19.1 Å². The van der Waals surface area contributed by atoms with Gasteiger partial charge in [-0.1, -0.05) is 12.2 Å². The molecule has 0 aliphatic heterocycles. The van der Waals surface area contributed by atoms with Crippen LogP contribution in [0.2, 0.25) is 0 Å². The van der Waals surface area contributed by atoms with Gasteiger partial charge in [-0.05, 0) is 6.92 Å². The summed E-state index contributed by atoms with van der Waals surface area (Å²) >= 11 is 0. The summed E-state index contributed by atoms with van der Waals surface area (Å²) in [5.74, 6) is 0. The van der Waals surface area contributed by atoms with Crippen molar-refractivity contribution >= 4 is 0 Å². The average molecular weight is 129 g/mol. The minimum absolute atomic E-state index is 0.0972. The largest absolute Gasteiger partial charge is 0.329 e. The molecule has 0 amide bonds. The van der Waals surface area contributed by atoms with Gasteiger partial charge in [-0.3, -0.25) is 0 Å². The zero-order valence-electron chi connectivity index (χ0n) is 5.75. The molecule has 0 saturated heterocycles. The maximum atomic E-state index is 5.55. The second-order valence-corrected chi connectivity index (χ2v) is 2.00. The smallest absolute Gasteiger partial charge is 0.0390 e. The lowest BCUT2D eigenvalue weighted by Crippen LogP contribution is -2.45. The fourth-order valence-electron chi connectivity index (χ4n) is 0.522.